The average Bonchev–Trinajstić information content (AvgIpc) is 3.58. The molecule has 1 aliphatic rings. The molecule has 0 bridgehead atoms. The first-order valence-electron chi connectivity index (χ1n) is 12.6. The van der Waals surface area contributed by atoms with Crippen LogP contribution in [-0.2, 0) is 6.42 Å². The number of piperidine rings is 1. The van der Waals surface area contributed by atoms with Gasteiger partial charge in [0.05, 0.1) is 28.6 Å². The minimum atomic E-state index is 0.654. The largest absolute Gasteiger partial charge is 0.336 e. The molecule has 182 valence electrons. The molecule has 0 aromatic carbocycles. The lowest BCUT2D eigenvalue weighted by Crippen LogP contribution is -2.30. The van der Waals surface area contributed by atoms with Crippen molar-refractivity contribution in [2.24, 2.45) is 5.92 Å². The predicted octanol–water partition coefficient (Wildman–Crippen LogP) is 4.56. The molecule has 9 nitrogen and oxygen atoms in total. The highest BCUT2D eigenvalue weighted by Crippen LogP contribution is 2.31. The fourth-order valence-electron chi connectivity index (χ4n) is 5.19. The fourth-order valence-corrected chi connectivity index (χ4v) is 5.19. The summed E-state index contributed by atoms with van der Waals surface area (Å²) in [4.78, 5) is 26.3. The van der Waals surface area contributed by atoms with E-state index in [4.69, 9.17) is 9.97 Å². The van der Waals surface area contributed by atoms with Crippen LogP contribution >= 0.6 is 0 Å². The summed E-state index contributed by atoms with van der Waals surface area (Å²) < 4.78 is 0. The SMILES string of the molecule is c1cncc(-c2nccc3[nH]c(-c4n[nH]c5cnc(-c6cncc(CC7CCCNC7)c6)cc45)nc23)c1. The van der Waals surface area contributed by atoms with Crippen molar-refractivity contribution in [2.45, 2.75) is 19.3 Å². The van der Waals surface area contributed by atoms with Crippen LogP contribution in [0.1, 0.15) is 18.4 Å². The van der Waals surface area contributed by atoms with Gasteiger partial charge in [0.15, 0.2) is 5.82 Å². The van der Waals surface area contributed by atoms with Crippen molar-refractivity contribution in [1.82, 2.24) is 45.4 Å². The Morgan fingerprint density at radius 1 is 0.892 bits per heavy atom. The van der Waals surface area contributed by atoms with Crippen LogP contribution in [0, 0.1) is 5.92 Å². The molecule has 0 aliphatic carbocycles. The van der Waals surface area contributed by atoms with E-state index in [0.29, 0.717) is 11.7 Å². The van der Waals surface area contributed by atoms with E-state index in [9.17, 15) is 0 Å². The number of imidazole rings is 1. The molecule has 37 heavy (non-hydrogen) atoms. The number of nitrogens with one attached hydrogen (secondary N) is 3. The van der Waals surface area contributed by atoms with E-state index in [1.165, 1.54) is 18.4 Å². The van der Waals surface area contributed by atoms with Crippen LogP contribution in [0.15, 0.2) is 67.5 Å². The number of rotatable bonds is 5. The molecule has 1 saturated heterocycles. The zero-order valence-electron chi connectivity index (χ0n) is 20.1. The molecule has 7 heterocycles. The lowest BCUT2D eigenvalue weighted by Gasteiger charge is -2.22. The molecule has 0 radical (unpaired) electrons. The zero-order chi connectivity index (χ0) is 24.6. The summed E-state index contributed by atoms with van der Waals surface area (Å²) in [7, 11) is 0. The number of pyridine rings is 4. The number of fused-ring (bicyclic) bond motifs is 2. The predicted molar refractivity (Wildman–Crippen MR) is 143 cm³/mol. The molecule has 0 amide bonds. The van der Waals surface area contributed by atoms with Gasteiger partial charge in [0, 0.05) is 47.5 Å². The van der Waals surface area contributed by atoms with E-state index >= 15 is 0 Å². The molecule has 1 fully saturated rings. The van der Waals surface area contributed by atoms with Gasteiger partial charge in [0.2, 0.25) is 0 Å². The summed E-state index contributed by atoms with van der Waals surface area (Å²) in [6, 6.07) is 10.1. The number of H-pyrrole nitrogens is 2. The molecule has 0 spiro atoms. The standard InChI is InChI=1S/C28H25N9/c1-3-17(12-29-6-1)9-18-10-20(15-31-13-18)23-11-21-24(16-33-23)36-37-26(21)28-34-22-5-8-32-25(27(22)35-28)19-4-2-7-30-14-19/h2,4-5,7-8,10-11,13-17,29H,1,3,6,9,12H2,(H,34,35)(H,36,37). The first-order chi connectivity index (χ1) is 18.3. The summed E-state index contributed by atoms with van der Waals surface area (Å²) in [5.41, 5.74) is 8.07. The Bertz CT molecular complexity index is 1700. The minimum absolute atomic E-state index is 0.654. The molecule has 3 N–H and O–H groups in total. The van der Waals surface area contributed by atoms with E-state index in [2.05, 4.69) is 47.6 Å². The third-order valence-corrected chi connectivity index (χ3v) is 7.02. The Hall–Kier alpha value is -4.50. The van der Waals surface area contributed by atoms with Crippen molar-refractivity contribution in [2.75, 3.05) is 13.1 Å². The number of aromatic nitrogens is 8. The number of aromatic amines is 2. The Labute approximate surface area is 212 Å². The molecule has 1 aliphatic heterocycles. The topological polar surface area (TPSA) is 121 Å². The van der Waals surface area contributed by atoms with E-state index < -0.39 is 0 Å². The van der Waals surface area contributed by atoms with Gasteiger partial charge < -0.3 is 10.3 Å². The second-order valence-electron chi connectivity index (χ2n) is 9.57. The van der Waals surface area contributed by atoms with Gasteiger partial charge in [-0.15, -0.1) is 0 Å². The van der Waals surface area contributed by atoms with E-state index in [1.54, 1.807) is 18.6 Å². The van der Waals surface area contributed by atoms with Gasteiger partial charge in [-0.3, -0.25) is 25.0 Å². The molecule has 7 rings (SSSR count). The smallest absolute Gasteiger partial charge is 0.159 e. The van der Waals surface area contributed by atoms with Gasteiger partial charge in [0.25, 0.3) is 0 Å². The fraction of sp³-hybridized carbons (Fsp3) is 0.214. The number of hydrogen-bond acceptors (Lipinski definition) is 7. The molecule has 6 aromatic rings. The first kappa shape index (κ1) is 21.8. The van der Waals surface area contributed by atoms with Crippen LogP contribution in [0.25, 0.3) is 56.0 Å². The van der Waals surface area contributed by atoms with Gasteiger partial charge in [0.1, 0.15) is 11.2 Å². The van der Waals surface area contributed by atoms with Gasteiger partial charge >= 0.3 is 0 Å². The maximum atomic E-state index is 4.90. The Morgan fingerprint density at radius 3 is 2.76 bits per heavy atom. The van der Waals surface area contributed by atoms with Crippen molar-refractivity contribution in [3.8, 4) is 34.0 Å². The summed E-state index contributed by atoms with van der Waals surface area (Å²) in [6.45, 7) is 2.20. The second-order valence-corrected chi connectivity index (χ2v) is 9.57. The zero-order valence-corrected chi connectivity index (χ0v) is 20.1. The van der Waals surface area contributed by atoms with Crippen molar-refractivity contribution in [3.05, 3.63) is 73.1 Å². The van der Waals surface area contributed by atoms with Gasteiger partial charge in [-0.25, -0.2) is 4.98 Å². The van der Waals surface area contributed by atoms with Crippen LogP contribution in [0.2, 0.25) is 0 Å². The molecule has 1 unspecified atom stereocenters. The van der Waals surface area contributed by atoms with Gasteiger partial charge in [-0.05, 0) is 74.2 Å². The Kier molecular flexibility index (Phi) is 5.40. The monoisotopic (exact) mass is 487 g/mol. The quantitative estimate of drug-likeness (QED) is 0.326. The van der Waals surface area contributed by atoms with E-state index in [0.717, 1.165) is 69.7 Å². The van der Waals surface area contributed by atoms with E-state index in [1.807, 2.05) is 36.8 Å². The maximum absolute atomic E-state index is 4.90. The molecule has 9 heteroatoms. The average molecular weight is 488 g/mol. The van der Waals surface area contributed by atoms with Crippen LogP contribution in [-0.4, -0.2) is 53.2 Å². The molecular weight excluding hydrogens is 462 g/mol. The molecule has 0 saturated carbocycles. The van der Waals surface area contributed by atoms with Crippen LogP contribution < -0.4 is 5.32 Å². The third-order valence-electron chi connectivity index (χ3n) is 7.02. The molecule has 1 atom stereocenters. The number of nitrogens with zero attached hydrogens (tertiary/aromatic N) is 6. The Balaban J connectivity index is 1.26. The highest BCUT2D eigenvalue weighted by molar-refractivity contribution is 5.96. The van der Waals surface area contributed by atoms with Crippen LogP contribution in [0.4, 0.5) is 0 Å². The molecular formula is C28H25N9. The van der Waals surface area contributed by atoms with Crippen LogP contribution in [0.3, 0.4) is 0 Å². The Morgan fingerprint density at radius 2 is 1.86 bits per heavy atom. The first-order valence-corrected chi connectivity index (χ1v) is 12.6. The van der Waals surface area contributed by atoms with Gasteiger partial charge in [-0.1, -0.05) is 0 Å². The summed E-state index contributed by atoms with van der Waals surface area (Å²) in [5.74, 6) is 1.33. The number of hydrogen-bond donors (Lipinski definition) is 3. The normalized spacial score (nSPS) is 15.9. The highest BCUT2D eigenvalue weighted by atomic mass is 15.1. The van der Waals surface area contributed by atoms with Crippen molar-refractivity contribution < 1.29 is 0 Å². The second kappa shape index (κ2) is 9.18. The van der Waals surface area contributed by atoms with E-state index in [-0.39, 0.29) is 0 Å². The minimum Gasteiger partial charge on any atom is -0.336 e. The maximum Gasteiger partial charge on any atom is 0.159 e. The highest BCUT2D eigenvalue weighted by Gasteiger charge is 2.18. The summed E-state index contributed by atoms with van der Waals surface area (Å²) >= 11 is 0. The van der Waals surface area contributed by atoms with Crippen molar-refractivity contribution >= 4 is 21.9 Å². The lowest BCUT2D eigenvalue weighted by molar-refractivity contribution is 0.376. The van der Waals surface area contributed by atoms with Gasteiger partial charge in [-0.2, -0.15) is 5.10 Å². The van der Waals surface area contributed by atoms with Crippen molar-refractivity contribution in [1.29, 1.82) is 0 Å². The molecule has 6 aromatic heterocycles. The summed E-state index contributed by atoms with van der Waals surface area (Å²) in [6.07, 6.45) is 14.5. The lowest BCUT2D eigenvalue weighted by atomic mass is 9.92. The summed E-state index contributed by atoms with van der Waals surface area (Å²) in [5, 5.41) is 12.1. The van der Waals surface area contributed by atoms with Crippen LogP contribution in [0.5, 0.6) is 0 Å². The van der Waals surface area contributed by atoms with Crippen molar-refractivity contribution in [3.63, 3.8) is 0 Å². The third kappa shape index (κ3) is 4.13.